The molecular formula is C13H19NO5. The Kier molecular flexibility index (Phi) is 5.75. The van der Waals surface area contributed by atoms with Crippen molar-refractivity contribution in [1.82, 2.24) is 5.32 Å². The topological polar surface area (TPSA) is 99.0 Å². The lowest BCUT2D eigenvalue weighted by molar-refractivity contribution is 0.0691. The molecule has 0 atom stereocenters. The minimum Gasteiger partial charge on any atom is -0.491 e. The predicted octanol–water partition coefficient (Wildman–Crippen LogP) is 0.0965. The summed E-state index contributed by atoms with van der Waals surface area (Å²) in [6.45, 7) is 1.90. The largest absolute Gasteiger partial charge is 0.491 e. The van der Waals surface area contributed by atoms with E-state index in [1.54, 1.807) is 25.1 Å². The summed E-state index contributed by atoms with van der Waals surface area (Å²) in [5, 5.41) is 30.1. The summed E-state index contributed by atoms with van der Waals surface area (Å²) in [6, 6.07) is 6.38. The number of hydrogen-bond acceptors (Lipinski definition) is 5. The van der Waals surface area contributed by atoms with Crippen molar-refractivity contribution in [2.75, 3.05) is 26.4 Å². The van der Waals surface area contributed by atoms with Crippen LogP contribution in [0.3, 0.4) is 0 Å². The molecule has 106 valence electrons. The van der Waals surface area contributed by atoms with Gasteiger partial charge in [-0.3, -0.25) is 0 Å². The highest BCUT2D eigenvalue weighted by Gasteiger charge is 2.20. The van der Waals surface area contributed by atoms with Crippen LogP contribution in [-0.4, -0.2) is 53.2 Å². The first-order valence-electron chi connectivity index (χ1n) is 5.94. The first kappa shape index (κ1) is 15.4. The molecule has 0 radical (unpaired) electrons. The fourth-order valence-corrected chi connectivity index (χ4v) is 1.44. The Hall–Kier alpha value is -1.63. The van der Waals surface area contributed by atoms with Gasteiger partial charge in [0.15, 0.2) is 0 Å². The van der Waals surface area contributed by atoms with Crippen LogP contribution in [0, 0.1) is 0 Å². The van der Waals surface area contributed by atoms with Gasteiger partial charge in [-0.15, -0.1) is 0 Å². The molecule has 0 aliphatic rings. The summed E-state index contributed by atoms with van der Waals surface area (Å²) in [4.78, 5) is 10.9. The lowest BCUT2D eigenvalue weighted by atomic mass is 10.1. The van der Waals surface area contributed by atoms with E-state index in [1.165, 1.54) is 6.07 Å². The Balaban J connectivity index is 2.48. The van der Waals surface area contributed by atoms with Crippen molar-refractivity contribution in [3.05, 3.63) is 29.8 Å². The molecule has 1 rings (SSSR count). The van der Waals surface area contributed by atoms with E-state index in [1.807, 2.05) is 0 Å². The molecule has 1 aromatic carbocycles. The zero-order valence-electron chi connectivity index (χ0n) is 10.8. The van der Waals surface area contributed by atoms with Crippen molar-refractivity contribution in [2.24, 2.45) is 0 Å². The fourth-order valence-electron chi connectivity index (χ4n) is 1.44. The van der Waals surface area contributed by atoms with E-state index < -0.39 is 11.5 Å². The van der Waals surface area contributed by atoms with Crippen LogP contribution < -0.4 is 10.1 Å². The molecule has 0 heterocycles. The van der Waals surface area contributed by atoms with Gasteiger partial charge in [0.2, 0.25) is 0 Å². The van der Waals surface area contributed by atoms with Crippen LogP contribution in [0.5, 0.6) is 5.75 Å². The first-order chi connectivity index (χ1) is 9.02. The number of nitrogens with one attached hydrogen (secondary N) is 1. The average Bonchev–Trinajstić information content (AvgIpc) is 2.43. The van der Waals surface area contributed by atoms with Crippen LogP contribution in [0.15, 0.2) is 24.3 Å². The molecule has 1 aromatic rings. The van der Waals surface area contributed by atoms with Gasteiger partial charge in [-0.05, 0) is 19.1 Å². The van der Waals surface area contributed by atoms with E-state index in [0.717, 1.165) is 0 Å². The van der Waals surface area contributed by atoms with Gasteiger partial charge in [0, 0.05) is 6.54 Å². The van der Waals surface area contributed by atoms with Gasteiger partial charge in [0.25, 0.3) is 0 Å². The quantitative estimate of drug-likeness (QED) is 0.499. The van der Waals surface area contributed by atoms with Gasteiger partial charge in [-0.25, -0.2) is 4.79 Å². The van der Waals surface area contributed by atoms with Gasteiger partial charge >= 0.3 is 5.97 Å². The van der Waals surface area contributed by atoms with Crippen molar-refractivity contribution in [2.45, 2.75) is 12.5 Å². The molecular weight excluding hydrogens is 250 g/mol. The number of aliphatic hydroxyl groups is 2. The highest BCUT2D eigenvalue weighted by molar-refractivity contribution is 5.90. The zero-order chi connectivity index (χ0) is 14.3. The third-order valence-electron chi connectivity index (χ3n) is 2.73. The first-order valence-corrected chi connectivity index (χ1v) is 5.94. The summed E-state index contributed by atoms with van der Waals surface area (Å²) < 4.78 is 5.38. The Morgan fingerprint density at radius 1 is 1.32 bits per heavy atom. The Bertz CT molecular complexity index is 417. The number of aromatic carboxylic acids is 1. The van der Waals surface area contributed by atoms with Crippen LogP contribution >= 0.6 is 0 Å². The lowest BCUT2D eigenvalue weighted by Crippen LogP contribution is -2.50. The summed E-state index contributed by atoms with van der Waals surface area (Å²) >= 11 is 0. The van der Waals surface area contributed by atoms with Crippen molar-refractivity contribution < 1.29 is 24.9 Å². The lowest BCUT2D eigenvalue weighted by Gasteiger charge is -2.26. The van der Waals surface area contributed by atoms with Gasteiger partial charge in [-0.2, -0.15) is 0 Å². The van der Waals surface area contributed by atoms with Crippen molar-refractivity contribution in [3.8, 4) is 5.75 Å². The minimum absolute atomic E-state index is 0.106. The van der Waals surface area contributed by atoms with E-state index in [-0.39, 0.29) is 25.4 Å². The van der Waals surface area contributed by atoms with Crippen LogP contribution in [0.2, 0.25) is 0 Å². The molecule has 0 bridgehead atoms. The number of rotatable bonds is 8. The second-order valence-corrected chi connectivity index (χ2v) is 4.45. The minimum atomic E-state index is -1.04. The molecule has 0 unspecified atom stereocenters. The molecule has 19 heavy (non-hydrogen) atoms. The summed E-state index contributed by atoms with van der Waals surface area (Å²) in [5.74, 6) is -0.745. The maximum Gasteiger partial charge on any atom is 0.339 e. The molecule has 0 aliphatic heterocycles. The molecule has 0 saturated heterocycles. The summed E-state index contributed by atoms with van der Waals surface area (Å²) in [7, 11) is 0. The van der Waals surface area contributed by atoms with Crippen molar-refractivity contribution in [1.29, 1.82) is 0 Å². The van der Waals surface area contributed by atoms with Crippen molar-refractivity contribution in [3.63, 3.8) is 0 Å². The smallest absolute Gasteiger partial charge is 0.339 e. The van der Waals surface area contributed by atoms with Crippen molar-refractivity contribution >= 4 is 5.97 Å². The standard InChI is InChI=1S/C13H19NO5/c1-13(8-15,9-16)14-6-7-19-11-5-3-2-4-10(11)12(17)18/h2-5,14-16H,6-9H2,1H3,(H,17,18). The number of carboxylic acid groups (broad SMARTS) is 1. The van der Waals surface area contributed by atoms with E-state index in [4.69, 9.17) is 20.1 Å². The molecule has 0 saturated carbocycles. The summed E-state index contributed by atoms with van der Waals surface area (Å²) in [6.07, 6.45) is 0. The maximum absolute atomic E-state index is 10.9. The van der Waals surface area contributed by atoms with Crippen LogP contribution in [-0.2, 0) is 0 Å². The second kappa shape index (κ2) is 7.08. The second-order valence-electron chi connectivity index (χ2n) is 4.45. The molecule has 0 fully saturated rings. The number of ether oxygens (including phenoxy) is 1. The van der Waals surface area contributed by atoms with E-state index in [0.29, 0.717) is 12.3 Å². The number of carboxylic acids is 1. The molecule has 6 nitrogen and oxygen atoms in total. The number of benzene rings is 1. The van der Waals surface area contributed by atoms with Gasteiger partial charge in [0.05, 0.1) is 18.8 Å². The SMILES string of the molecule is CC(CO)(CO)NCCOc1ccccc1C(=O)O. The van der Waals surface area contributed by atoms with Crippen LogP contribution in [0.4, 0.5) is 0 Å². The van der Waals surface area contributed by atoms with Crippen LogP contribution in [0.25, 0.3) is 0 Å². The summed E-state index contributed by atoms with van der Waals surface area (Å²) in [5.41, 5.74) is -0.662. The monoisotopic (exact) mass is 269 g/mol. The molecule has 0 aromatic heterocycles. The fraction of sp³-hybridized carbons (Fsp3) is 0.462. The zero-order valence-corrected chi connectivity index (χ0v) is 10.8. The molecule has 4 N–H and O–H groups in total. The maximum atomic E-state index is 10.9. The Labute approximate surface area is 111 Å². The average molecular weight is 269 g/mol. The molecule has 6 heteroatoms. The third-order valence-corrected chi connectivity index (χ3v) is 2.73. The van der Waals surface area contributed by atoms with E-state index in [2.05, 4.69) is 5.32 Å². The van der Waals surface area contributed by atoms with E-state index in [9.17, 15) is 4.79 Å². The number of hydrogen-bond donors (Lipinski definition) is 4. The Morgan fingerprint density at radius 3 is 2.53 bits per heavy atom. The highest BCUT2D eigenvalue weighted by atomic mass is 16.5. The van der Waals surface area contributed by atoms with Gasteiger partial charge < -0.3 is 25.4 Å². The predicted molar refractivity (Wildman–Crippen MR) is 69.5 cm³/mol. The number of carbonyl (C=O) groups is 1. The number of para-hydroxylation sites is 1. The molecule has 0 aliphatic carbocycles. The van der Waals surface area contributed by atoms with Gasteiger partial charge in [-0.1, -0.05) is 12.1 Å². The number of aliphatic hydroxyl groups excluding tert-OH is 2. The normalized spacial score (nSPS) is 11.3. The molecule has 0 spiro atoms. The molecule has 0 amide bonds. The van der Waals surface area contributed by atoms with Crippen LogP contribution in [0.1, 0.15) is 17.3 Å². The van der Waals surface area contributed by atoms with Gasteiger partial charge in [0.1, 0.15) is 17.9 Å². The Morgan fingerprint density at radius 2 is 1.95 bits per heavy atom. The van der Waals surface area contributed by atoms with E-state index >= 15 is 0 Å². The highest BCUT2D eigenvalue weighted by Crippen LogP contribution is 2.17. The third kappa shape index (κ3) is 4.51.